The van der Waals surface area contributed by atoms with Gasteiger partial charge in [-0.25, -0.2) is 0 Å². The molecule has 8 heteroatoms. The molecule has 174 valence electrons. The summed E-state index contributed by atoms with van der Waals surface area (Å²) in [6.45, 7) is 10.3. The van der Waals surface area contributed by atoms with Crippen molar-refractivity contribution in [2.75, 3.05) is 46.3 Å². The van der Waals surface area contributed by atoms with Crippen LogP contribution in [0.4, 0.5) is 0 Å². The summed E-state index contributed by atoms with van der Waals surface area (Å²) < 4.78 is 5.47. The maximum Gasteiger partial charge on any atom is 0.225 e. The third-order valence-corrected chi connectivity index (χ3v) is 6.74. The third-order valence-electron chi connectivity index (χ3n) is 6.74. The van der Waals surface area contributed by atoms with Crippen LogP contribution in [-0.4, -0.2) is 73.1 Å². The van der Waals surface area contributed by atoms with Gasteiger partial charge in [0.25, 0.3) is 0 Å². The minimum atomic E-state index is 0.290. The largest absolute Gasteiger partial charge is 0.359 e. The number of carbonyl (C=O) groups excluding carboxylic acids is 1. The molecule has 0 atom stereocenters. The molecular weight excluding hydrogens is 392 g/mol. The molecule has 0 spiro atoms. The fourth-order valence-electron chi connectivity index (χ4n) is 4.66. The number of hydrogen-bond donors (Lipinski definition) is 2. The van der Waals surface area contributed by atoms with Gasteiger partial charge in [0.1, 0.15) is 0 Å². The van der Waals surface area contributed by atoms with E-state index in [0.29, 0.717) is 18.4 Å². The van der Waals surface area contributed by atoms with Gasteiger partial charge in [-0.15, -0.1) is 0 Å². The van der Waals surface area contributed by atoms with Crippen molar-refractivity contribution in [2.24, 2.45) is 10.9 Å². The predicted octanol–water partition coefficient (Wildman–Crippen LogP) is 2.58. The number of carbonyl (C=O) groups is 1. The fraction of sp³-hybridized carbons (Fsp3) is 0.783. The Balaban J connectivity index is 1.33. The Bertz CT molecular complexity index is 701. The van der Waals surface area contributed by atoms with E-state index in [9.17, 15) is 4.79 Å². The Kier molecular flexibility index (Phi) is 9.18. The zero-order chi connectivity index (χ0) is 22.1. The van der Waals surface area contributed by atoms with E-state index in [1.807, 2.05) is 6.07 Å². The summed E-state index contributed by atoms with van der Waals surface area (Å²) in [5.41, 5.74) is 1.04. The minimum Gasteiger partial charge on any atom is -0.359 e. The maximum atomic E-state index is 12.6. The van der Waals surface area contributed by atoms with Gasteiger partial charge in [0.05, 0.1) is 12.2 Å². The highest BCUT2D eigenvalue weighted by atomic mass is 16.5. The van der Waals surface area contributed by atoms with Crippen molar-refractivity contribution in [3.63, 3.8) is 0 Å². The van der Waals surface area contributed by atoms with E-state index in [-0.39, 0.29) is 5.92 Å². The molecule has 1 aromatic heterocycles. The summed E-state index contributed by atoms with van der Waals surface area (Å²) in [6, 6.07) is 2.05. The number of nitrogens with one attached hydrogen (secondary N) is 2. The van der Waals surface area contributed by atoms with Gasteiger partial charge in [-0.3, -0.25) is 14.7 Å². The molecule has 1 saturated heterocycles. The second-order valence-electron chi connectivity index (χ2n) is 8.73. The summed E-state index contributed by atoms with van der Waals surface area (Å²) in [4.78, 5) is 21.4. The Labute approximate surface area is 186 Å². The normalized spacial score (nSPS) is 18.7. The number of guanidine groups is 1. The molecule has 1 saturated carbocycles. The standard InChI is InChI=1S/C23H40N6O2/c1-4-18(5-2)21-16-20(31-27-21)17-26-23(24-3)25-10-11-28-12-14-29(15-13-28)22(30)19-8-6-7-9-19/h16,18-19H,4-15,17H2,1-3H3,(H2,24,25,26). The third kappa shape index (κ3) is 6.69. The minimum absolute atomic E-state index is 0.290. The maximum absolute atomic E-state index is 12.6. The van der Waals surface area contributed by atoms with Crippen LogP contribution in [0.3, 0.4) is 0 Å². The van der Waals surface area contributed by atoms with Crippen molar-refractivity contribution >= 4 is 11.9 Å². The van der Waals surface area contributed by atoms with Crippen LogP contribution in [0.25, 0.3) is 0 Å². The van der Waals surface area contributed by atoms with Gasteiger partial charge in [0.15, 0.2) is 11.7 Å². The Morgan fingerprint density at radius 1 is 1.19 bits per heavy atom. The molecule has 31 heavy (non-hydrogen) atoms. The first kappa shape index (κ1) is 23.6. The van der Waals surface area contributed by atoms with E-state index >= 15 is 0 Å². The van der Waals surface area contributed by atoms with Gasteiger partial charge in [-0.2, -0.15) is 0 Å². The molecule has 1 amide bonds. The lowest BCUT2D eigenvalue weighted by atomic mass is 9.99. The molecule has 1 aromatic rings. The van der Waals surface area contributed by atoms with Crippen LogP contribution in [0, 0.1) is 5.92 Å². The van der Waals surface area contributed by atoms with Crippen LogP contribution in [0.15, 0.2) is 15.6 Å². The van der Waals surface area contributed by atoms with Gasteiger partial charge in [0.2, 0.25) is 5.91 Å². The van der Waals surface area contributed by atoms with Crippen LogP contribution in [0.5, 0.6) is 0 Å². The highest BCUT2D eigenvalue weighted by Gasteiger charge is 2.29. The first-order chi connectivity index (χ1) is 15.1. The van der Waals surface area contributed by atoms with E-state index in [1.54, 1.807) is 7.05 Å². The SMILES string of the molecule is CCC(CC)c1cc(CNC(=NC)NCCN2CCN(C(=O)C3CCCC3)CC2)on1. The number of amides is 1. The average Bonchev–Trinajstić information content (AvgIpc) is 3.50. The van der Waals surface area contributed by atoms with E-state index < -0.39 is 0 Å². The lowest BCUT2D eigenvalue weighted by molar-refractivity contribution is -0.137. The molecule has 0 bridgehead atoms. The first-order valence-electron chi connectivity index (χ1n) is 12.1. The molecule has 3 rings (SSSR count). The lowest BCUT2D eigenvalue weighted by Crippen LogP contribution is -2.51. The summed E-state index contributed by atoms with van der Waals surface area (Å²) in [6.07, 6.45) is 6.74. The Morgan fingerprint density at radius 3 is 2.55 bits per heavy atom. The summed E-state index contributed by atoms with van der Waals surface area (Å²) in [5, 5.41) is 10.9. The van der Waals surface area contributed by atoms with Crippen LogP contribution in [0.2, 0.25) is 0 Å². The number of aromatic nitrogens is 1. The highest BCUT2D eigenvalue weighted by Crippen LogP contribution is 2.27. The van der Waals surface area contributed by atoms with E-state index in [4.69, 9.17) is 4.52 Å². The summed E-state index contributed by atoms with van der Waals surface area (Å²) >= 11 is 0. The van der Waals surface area contributed by atoms with E-state index in [1.165, 1.54) is 12.8 Å². The number of rotatable bonds is 9. The topological polar surface area (TPSA) is 86.0 Å². The van der Waals surface area contributed by atoms with Crippen LogP contribution < -0.4 is 10.6 Å². The second kappa shape index (κ2) is 12.1. The molecule has 2 fully saturated rings. The van der Waals surface area contributed by atoms with Crippen molar-refractivity contribution in [1.82, 2.24) is 25.6 Å². The number of aliphatic imine (C=N–C) groups is 1. The quantitative estimate of drug-likeness (QED) is 0.461. The molecule has 1 aliphatic carbocycles. The summed E-state index contributed by atoms with van der Waals surface area (Å²) in [7, 11) is 1.78. The van der Waals surface area contributed by atoms with Gasteiger partial charge in [-0.1, -0.05) is 31.8 Å². The average molecular weight is 433 g/mol. The smallest absolute Gasteiger partial charge is 0.225 e. The lowest BCUT2D eigenvalue weighted by Gasteiger charge is -2.36. The van der Waals surface area contributed by atoms with Crippen molar-refractivity contribution in [2.45, 2.75) is 64.8 Å². The van der Waals surface area contributed by atoms with E-state index in [2.05, 4.69) is 44.4 Å². The zero-order valence-electron chi connectivity index (χ0n) is 19.5. The molecule has 8 nitrogen and oxygen atoms in total. The van der Waals surface area contributed by atoms with Crippen LogP contribution in [0.1, 0.15) is 69.7 Å². The van der Waals surface area contributed by atoms with Crippen LogP contribution >= 0.6 is 0 Å². The first-order valence-corrected chi connectivity index (χ1v) is 12.1. The molecular formula is C23H40N6O2. The zero-order valence-corrected chi connectivity index (χ0v) is 19.5. The van der Waals surface area contributed by atoms with Gasteiger partial charge in [0, 0.05) is 64.2 Å². The molecule has 0 radical (unpaired) electrons. The molecule has 0 aromatic carbocycles. The van der Waals surface area contributed by atoms with Crippen molar-refractivity contribution < 1.29 is 9.32 Å². The van der Waals surface area contributed by atoms with Crippen molar-refractivity contribution in [3.05, 3.63) is 17.5 Å². The number of piperazine rings is 1. The number of hydrogen-bond acceptors (Lipinski definition) is 5. The fourth-order valence-corrected chi connectivity index (χ4v) is 4.66. The van der Waals surface area contributed by atoms with Gasteiger partial charge < -0.3 is 20.1 Å². The molecule has 2 heterocycles. The van der Waals surface area contributed by atoms with Gasteiger partial charge in [-0.05, 0) is 25.7 Å². The molecule has 2 aliphatic rings. The van der Waals surface area contributed by atoms with E-state index in [0.717, 1.165) is 82.4 Å². The molecule has 1 aliphatic heterocycles. The Morgan fingerprint density at radius 2 is 1.90 bits per heavy atom. The summed E-state index contributed by atoms with van der Waals surface area (Å²) in [5.74, 6) is 2.73. The molecule has 2 N–H and O–H groups in total. The predicted molar refractivity (Wildman–Crippen MR) is 123 cm³/mol. The van der Waals surface area contributed by atoms with Crippen molar-refractivity contribution in [1.29, 1.82) is 0 Å². The number of nitrogens with zero attached hydrogens (tertiary/aromatic N) is 4. The van der Waals surface area contributed by atoms with Crippen molar-refractivity contribution in [3.8, 4) is 0 Å². The van der Waals surface area contributed by atoms with Gasteiger partial charge >= 0.3 is 0 Å². The molecule has 0 unspecified atom stereocenters. The monoisotopic (exact) mass is 432 g/mol. The highest BCUT2D eigenvalue weighted by molar-refractivity contribution is 5.79. The Hall–Kier alpha value is -2.09. The van der Waals surface area contributed by atoms with Crippen LogP contribution in [-0.2, 0) is 11.3 Å². The second-order valence-corrected chi connectivity index (χ2v) is 8.73.